The molecule has 1 fully saturated rings. The van der Waals surface area contributed by atoms with Crippen LogP contribution in [0.2, 0.25) is 5.02 Å². The lowest BCUT2D eigenvalue weighted by Crippen LogP contribution is -2.27. The van der Waals surface area contributed by atoms with Gasteiger partial charge in [-0.15, -0.1) is 0 Å². The Balaban J connectivity index is 1.67. The van der Waals surface area contributed by atoms with E-state index in [1.54, 1.807) is 54.6 Å². The molecule has 1 saturated heterocycles. The van der Waals surface area contributed by atoms with Crippen LogP contribution in [-0.4, -0.2) is 26.8 Å². The maximum absolute atomic E-state index is 12.9. The number of amides is 2. The van der Waals surface area contributed by atoms with Gasteiger partial charge in [0, 0.05) is 22.1 Å². The van der Waals surface area contributed by atoms with Gasteiger partial charge in [-0.25, -0.2) is 9.69 Å². The van der Waals surface area contributed by atoms with Crippen LogP contribution in [-0.2, 0) is 4.79 Å². The van der Waals surface area contributed by atoms with Crippen molar-refractivity contribution in [1.82, 2.24) is 4.57 Å². The highest BCUT2D eigenvalue weighted by Crippen LogP contribution is 2.37. The minimum Gasteiger partial charge on any atom is -0.478 e. The molecule has 0 radical (unpaired) electrons. The van der Waals surface area contributed by atoms with Crippen LogP contribution >= 0.6 is 23.4 Å². The largest absolute Gasteiger partial charge is 0.478 e. The fourth-order valence-electron chi connectivity index (χ4n) is 3.51. The number of hydrogen-bond donors (Lipinski definition) is 1. The highest BCUT2D eigenvalue weighted by Gasteiger charge is 2.36. The molecule has 0 aliphatic carbocycles. The van der Waals surface area contributed by atoms with Crippen LogP contribution in [0.5, 0.6) is 0 Å². The van der Waals surface area contributed by atoms with Gasteiger partial charge in [0.1, 0.15) is 0 Å². The molecule has 31 heavy (non-hydrogen) atoms. The lowest BCUT2D eigenvalue weighted by Gasteiger charge is -2.12. The van der Waals surface area contributed by atoms with Gasteiger partial charge in [0.15, 0.2) is 0 Å². The van der Waals surface area contributed by atoms with E-state index in [1.807, 2.05) is 24.5 Å². The summed E-state index contributed by atoms with van der Waals surface area (Å²) in [6.45, 7) is 3.84. The third-order valence-electron chi connectivity index (χ3n) is 5.01. The van der Waals surface area contributed by atoms with Crippen molar-refractivity contribution in [2.45, 2.75) is 13.8 Å². The molecule has 4 rings (SSSR count). The summed E-state index contributed by atoms with van der Waals surface area (Å²) in [7, 11) is 0. The Kier molecular flexibility index (Phi) is 5.47. The van der Waals surface area contributed by atoms with Gasteiger partial charge >= 0.3 is 5.97 Å². The zero-order valence-electron chi connectivity index (χ0n) is 16.6. The van der Waals surface area contributed by atoms with E-state index >= 15 is 0 Å². The van der Waals surface area contributed by atoms with E-state index in [9.17, 15) is 14.4 Å². The second-order valence-electron chi connectivity index (χ2n) is 7.01. The third kappa shape index (κ3) is 3.89. The van der Waals surface area contributed by atoms with Gasteiger partial charge in [0.05, 0.1) is 16.2 Å². The molecule has 2 aromatic carbocycles. The van der Waals surface area contributed by atoms with Crippen LogP contribution in [0.25, 0.3) is 11.8 Å². The third-order valence-corrected chi connectivity index (χ3v) is 6.13. The molecular weight excluding hydrogens is 436 g/mol. The van der Waals surface area contributed by atoms with E-state index < -0.39 is 5.97 Å². The zero-order valence-corrected chi connectivity index (χ0v) is 18.2. The molecule has 1 aromatic heterocycles. The van der Waals surface area contributed by atoms with Crippen LogP contribution in [0, 0.1) is 13.8 Å². The smallest absolute Gasteiger partial charge is 0.335 e. The lowest BCUT2D eigenvalue weighted by molar-refractivity contribution is -0.113. The van der Waals surface area contributed by atoms with Crippen molar-refractivity contribution in [2.75, 3.05) is 4.90 Å². The van der Waals surface area contributed by atoms with Gasteiger partial charge in [-0.1, -0.05) is 11.6 Å². The van der Waals surface area contributed by atoms with E-state index in [-0.39, 0.29) is 16.7 Å². The average Bonchev–Trinajstić information content (AvgIpc) is 3.17. The monoisotopic (exact) mass is 452 g/mol. The van der Waals surface area contributed by atoms with Crippen molar-refractivity contribution in [3.05, 3.63) is 87.0 Å². The molecule has 1 aliphatic rings. The van der Waals surface area contributed by atoms with Gasteiger partial charge in [-0.2, -0.15) is 0 Å². The van der Waals surface area contributed by atoms with Crippen LogP contribution in [0.15, 0.2) is 59.5 Å². The Morgan fingerprint density at radius 3 is 2.23 bits per heavy atom. The predicted molar refractivity (Wildman–Crippen MR) is 122 cm³/mol. The summed E-state index contributed by atoms with van der Waals surface area (Å²) in [6, 6.07) is 15.0. The van der Waals surface area contributed by atoms with Gasteiger partial charge in [-0.3, -0.25) is 9.59 Å². The van der Waals surface area contributed by atoms with E-state index in [2.05, 4.69) is 0 Å². The molecule has 0 saturated carbocycles. The molecular formula is C23H17ClN2O4S. The first kappa shape index (κ1) is 21.0. The molecule has 156 valence electrons. The maximum Gasteiger partial charge on any atom is 0.335 e. The predicted octanol–water partition coefficient (Wildman–Crippen LogP) is 5.69. The first-order valence-corrected chi connectivity index (χ1v) is 10.5. The lowest BCUT2D eigenvalue weighted by atomic mass is 10.2. The summed E-state index contributed by atoms with van der Waals surface area (Å²) in [4.78, 5) is 37.9. The highest BCUT2D eigenvalue weighted by molar-refractivity contribution is 8.19. The number of anilines is 1. The maximum atomic E-state index is 12.9. The molecule has 2 amide bonds. The van der Waals surface area contributed by atoms with Crippen molar-refractivity contribution in [2.24, 2.45) is 0 Å². The summed E-state index contributed by atoms with van der Waals surface area (Å²) in [5.41, 5.74) is 4.10. The molecule has 0 spiro atoms. The summed E-state index contributed by atoms with van der Waals surface area (Å²) in [5.74, 6) is -1.36. The van der Waals surface area contributed by atoms with Gasteiger partial charge in [0.25, 0.3) is 11.1 Å². The molecule has 0 unspecified atom stereocenters. The minimum absolute atomic E-state index is 0.210. The van der Waals surface area contributed by atoms with Crippen molar-refractivity contribution >= 4 is 52.2 Å². The topological polar surface area (TPSA) is 79.6 Å². The fraction of sp³-hybridized carbons (Fsp3) is 0.0870. The summed E-state index contributed by atoms with van der Waals surface area (Å²) in [5, 5.41) is 9.25. The molecule has 1 aliphatic heterocycles. The number of rotatable bonds is 4. The van der Waals surface area contributed by atoms with E-state index in [0.29, 0.717) is 15.6 Å². The van der Waals surface area contributed by atoms with E-state index in [1.165, 1.54) is 0 Å². The molecule has 8 heteroatoms. The molecule has 0 atom stereocenters. The number of thioether (sulfide) groups is 1. The summed E-state index contributed by atoms with van der Waals surface area (Å²) >= 11 is 6.79. The quantitative estimate of drug-likeness (QED) is 0.514. The number of hydrogen-bond acceptors (Lipinski definition) is 4. The highest BCUT2D eigenvalue weighted by atomic mass is 35.5. The first-order valence-electron chi connectivity index (χ1n) is 9.32. The SMILES string of the molecule is Cc1cc(/C=C2/SC(=O)N(c3ccc(Cl)cc3)C2=O)c(C)n1-c1ccc(C(=O)O)cc1. The zero-order chi connectivity index (χ0) is 22.3. The van der Waals surface area contributed by atoms with Gasteiger partial charge in [-0.05, 0) is 91.8 Å². The molecule has 1 N–H and O–H groups in total. The fourth-order valence-corrected chi connectivity index (χ4v) is 4.46. The average molecular weight is 453 g/mol. The van der Waals surface area contributed by atoms with Crippen LogP contribution in [0.3, 0.4) is 0 Å². The Hall–Kier alpha value is -3.29. The number of imide groups is 1. The minimum atomic E-state index is -0.982. The van der Waals surface area contributed by atoms with E-state index in [4.69, 9.17) is 16.7 Å². The molecule has 6 nitrogen and oxygen atoms in total. The number of carbonyl (C=O) groups is 3. The Morgan fingerprint density at radius 2 is 1.61 bits per heavy atom. The number of halogens is 1. The van der Waals surface area contributed by atoms with Crippen molar-refractivity contribution in [3.63, 3.8) is 0 Å². The number of benzene rings is 2. The Morgan fingerprint density at radius 1 is 1.00 bits per heavy atom. The molecule has 3 aromatic rings. The standard InChI is InChI=1S/C23H17ClN2O4S/c1-13-11-16(14(2)25(13)18-7-3-15(4-8-18)22(28)29)12-20-21(27)26(23(30)31-20)19-9-5-17(24)6-10-19/h3-12H,1-2H3,(H,28,29)/b20-12+. The first-order chi connectivity index (χ1) is 14.8. The number of aromatic nitrogens is 1. The number of aromatic carboxylic acids is 1. The Labute approximate surface area is 187 Å². The second kappa shape index (κ2) is 8.09. The number of carboxylic acid groups (broad SMARTS) is 1. The molecule has 0 bridgehead atoms. The summed E-state index contributed by atoms with van der Waals surface area (Å²) in [6.07, 6.45) is 1.71. The van der Waals surface area contributed by atoms with Crippen LogP contribution in [0.4, 0.5) is 10.5 Å². The number of carboxylic acids is 1. The van der Waals surface area contributed by atoms with Gasteiger partial charge < -0.3 is 9.67 Å². The number of aryl methyl sites for hydroxylation is 1. The van der Waals surface area contributed by atoms with Crippen molar-refractivity contribution in [1.29, 1.82) is 0 Å². The normalized spacial score (nSPS) is 15.2. The Bertz CT molecular complexity index is 1240. The second-order valence-corrected chi connectivity index (χ2v) is 8.44. The summed E-state index contributed by atoms with van der Waals surface area (Å²) < 4.78 is 1.97. The van der Waals surface area contributed by atoms with Crippen molar-refractivity contribution in [3.8, 4) is 5.69 Å². The van der Waals surface area contributed by atoms with Crippen LogP contribution in [0.1, 0.15) is 27.3 Å². The van der Waals surface area contributed by atoms with Crippen LogP contribution < -0.4 is 4.90 Å². The van der Waals surface area contributed by atoms with Crippen molar-refractivity contribution < 1.29 is 19.5 Å². The molecule has 2 heterocycles. The van der Waals surface area contributed by atoms with E-state index in [0.717, 1.165) is 39.3 Å². The number of nitrogens with zero attached hydrogens (tertiary/aromatic N) is 2. The number of carbonyl (C=O) groups excluding carboxylic acids is 2. The van der Waals surface area contributed by atoms with Gasteiger partial charge in [0.2, 0.25) is 0 Å².